The molecule has 0 saturated heterocycles. The third kappa shape index (κ3) is 3.79. The van der Waals surface area contributed by atoms with E-state index >= 15 is 0 Å². The van der Waals surface area contributed by atoms with Crippen molar-refractivity contribution in [2.24, 2.45) is 0 Å². The Balaban J connectivity index is 2.25. The fourth-order valence-electron chi connectivity index (χ4n) is 1.31. The Hall–Kier alpha value is -0.880. The van der Waals surface area contributed by atoms with Gasteiger partial charge in [0.05, 0.1) is 5.56 Å². The molecular weight excluding hydrogens is 376 g/mol. The van der Waals surface area contributed by atoms with Crippen LogP contribution in [0.2, 0.25) is 15.5 Å². The van der Waals surface area contributed by atoms with Crippen LogP contribution in [-0.2, 0) is 0 Å². The highest BCUT2D eigenvalue weighted by molar-refractivity contribution is 9.10. The number of benzene rings is 1. The number of rotatable bonds is 2. The standard InChI is InChI=1S/C11H5BrCl3N3O/c12-7-3-5(13)1-2-6(7)10(19)17-9-4-8(14)16-11(15)18-9/h1-4H,(H,16,17,18,19). The van der Waals surface area contributed by atoms with E-state index < -0.39 is 0 Å². The van der Waals surface area contributed by atoms with Gasteiger partial charge in [-0.15, -0.1) is 0 Å². The second-order valence-electron chi connectivity index (χ2n) is 3.42. The van der Waals surface area contributed by atoms with Gasteiger partial charge < -0.3 is 5.32 Å². The molecule has 0 fully saturated rings. The van der Waals surface area contributed by atoms with Crippen molar-refractivity contribution in [3.63, 3.8) is 0 Å². The highest BCUT2D eigenvalue weighted by atomic mass is 79.9. The number of carbonyl (C=O) groups excluding carboxylic acids is 1. The second kappa shape index (κ2) is 6.05. The minimum atomic E-state index is -0.366. The SMILES string of the molecule is O=C(Nc1cc(Cl)nc(Cl)n1)c1ccc(Cl)cc1Br. The average molecular weight is 381 g/mol. The Labute approximate surface area is 132 Å². The van der Waals surface area contributed by atoms with E-state index in [2.05, 4.69) is 31.2 Å². The summed E-state index contributed by atoms with van der Waals surface area (Å²) in [6, 6.07) is 6.22. The lowest BCUT2D eigenvalue weighted by molar-refractivity contribution is 0.102. The van der Waals surface area contributed by atoms with Crippen LogP contribution >= 0.6 is 50.7 Å². The van der Waals surface area contributed by atoms with E-state index in [-0.39, 0.29) is 22.2 Å². The molecule has 0 aliphatic rings. The van der Waals surface area contributed by atoms with Gasteiger partial charge in [-0.05, 0) is 45.7 Å². The highest BCUT2D eigenvalue weighted by Crippen LogP contribution is 2.23. The normalized spacial score (nSPS) is 10.3. The maximum absolute atomic E-state index is 12.0. The van der Waals surface area contributed by atoms with Gasteiger partial charge in [0.2, 0.25) is 5.28 Å². The zero-order chi connectivity index (χ0) is 14.0. The molecule has 98 valence electrons. The van der Waals surface area contributed by atoms with Gasteiger partial charge in [0.15, 0.2) is 0 Å². The highest BCUT2D eigenvalue weighted by Gasteiger charge is 2.12. The second-order valence-corrected chi connectivity index (χ2v) is 5.44. The number of aromatic nitrogens is 2. The van der Waals surface area contributed by atoms with Crippen LogP contribution in [0.3, 0.4) is 0 Å². The summed E-state index contributed by atoms with van der Waals surface area (Å²) >= 11 is 20.4. The van der Waals surface area contributed by atoms with Crippen LogP contribution < -0.4 is 5.32 Å². The molecule has 0 atom stereocenters. The summed E-state index contributed by atoms with van der Waals surface area (Å²) in [7, 11) is 0. The van der Waals surface area contributed by atoms with Crippen molar-refractivity contribution in [2.45, 2.75) is 0 Å². The van der Waals surface area contributed by atoms with Crippen LogP contribution in [-0.4, -0.2) is 15.9 Å². The van der Waals surface area contributed by atoms with E-state index in [1.165, 1.54) is 6.07 Å². The lowest BCUT2D eigenvalue weighted by atomic mass is 10.2. The molecule has 0 radical (unpaired) electrons. The van der Waals surface area contributed by atoms with Crippen molar-refractivity contribution >= 4 is 62.5 Å². The number of anilines is 1. The van der Waals surface area contributed by atoms with Crippen LogP contribution in [0.5, 0.6) is 0 Å². The van der Waals surface area contributed by atoms with E-state index in [1.807, 2.05) is 0 Å². The summed E-state index contributed by atoms with van der Waals surface area (Å²) in [5, 5.41) is 3.19. The Morgan fingerprint density at radius 1 is 1.16 bits per heavy atom. The third-order valence-corrected chi connectivity index (χ3v) is 3.34. The van der Waals surface area contributed by atoms with Crippen molar-refractivity contribution in [1.82, 2.24) is 9.97 Å². The molecule has 1 aromatic heterocycles. The number of halogens is 4. The molecule has 0 spiro atoms. The Morgan fingerprint density at radius 3 is 2.53 bits per heavy atom. The number of carbonyl (C=O) groups is 1. The summed E-state index contributed by atoms with van der Waals surface area (Å²) in [6.07, 6.45) is 0. The topological polar surface area (TPSA) is 54.9 Å². The molecule has 1 aromatic carbocycles. The minimum Gasteiger partial charge on any atom is -0.306 e. The van der Waals surface area contributed by atoms with Crippen molar-refractivity contribution in [3.8, 4) is 0 Å². The lowest BCUT2D eigenvalue weighted by Gasteiger charge is -2.07. The summed E-state index contributed by atoms with van der Waals surface area (Å²) in [4.78, 5) is 19.6. The van der Waals surface area contributed by atoms with Gasteiger partial charge in [0, 0.05) is 15.6 Å². The summed E-state index contributed by atoms with van der Waals surface area (Å²) in [5.74, 6) is -0.147. The molecule has 0 unspecified atom stereocenters. The van der Waals surface area contributed by atoms with Gasteiger partial charge in [-0.25, -0.2) is 9.97 Å². The Kier molecular flexibility index (Phi) is 4.62. The summed E-state index contributed by atoms with van der Waals surface area (Å²) < 4.78 is 0.573. The molecule has 0 saturated carbocycles. The van der Waals surface area contributed by atoms with E-state index in [4.69, 9.17) is 34.8 Å². The monoisotopic (exact) mass is 379 g/mol. The maximum atomic E-state index is 12.0. The van der Waals surface area contributed by atoms with Crippen molar-refractivity contribution in [2.75, 3.05) is 5.32 Å². The molecule has 1 N–H and O–H groups in total. The molecule has 0 aliphatic carbocycles. The Bertz CT molecular complexity index is 631. The largest absolute Gasteiger partial charge is 0.306 e. The first kappa shape index (κ1) is 14.5. The molecule has 0 aliphatic heterocycles. The number of amides is 1. The fourth-order valence-corrected chi connectivity index (χ4v) is 2.58. The van der Waals surface area contributed by atoms with Crippen LogP contribution in [0, 0.1) is 0 Å². The van der Waals surface area contributed by atoms with Crippen LogP contribution in [0.1, 0.15) is 10.4 Å². The van der Waals surface area contributed by atoms with Crippen LogP contribution in [0.4, 0.5) is 5.82 Å². The van der Waals surface area contributed by atoms with E-state index in [1.54, 1.807) is 18.2 Å². The van der Waals surface area contributed by atoms with E-state index in [9.17, 15) is 4.79 Å². The predicted octanol–water partition coefficient (Wildman–Crippen LogP) is 4.45. The first-order chi connectivity index (χ1) is 8.95. The van der Waals surface area contributed by atoms with Crippen molar-refractivity contribution in [1.29, 1.82) is 0 Å². The smallest absolute Gasteiger partial charge is 0.257 e. The first-order valence-electron chi connectivity index (χ1n) is 4.92. The van der Waals surface area contributed by atoms with Crippen molar-refractivity contribution < 1.29 is 4.79 Å². The van der Waals surface area contributed by atoms with Gasteiger partial charge >= 0.3 is 0 Å². The molecule has 19 heavy (non-hydrogen) atoms. The Morgan fingerprint density at radius 2 is 1.89 bits per heavy atom. The van der Waals surface area contributed by atoms with Gasteiger partial charge in [0.25, 0.3) is 5.91 Å². The molecule has 4 nitrogen and oxygen atoms in total. The van der Waals surface area contributed by atoms with Gasteiger partial charge in [0.1, 0.15) is 11.0 Å². The van der Waals surface area contributed by atoms with Crippen LogP contribution in [0.15, 0.2) is 28.7 Å². The van der Waals surface area contributed by atoms with Crippen LogP contribution in [0.25, 0.3) is 0 Å². The summed E-state index contributed by atoms with van der Waals surface area (Å²) in [6.45, 7) is 0. The summed E-state index contributed by atoms with van der Waals surface area (Å²) in [5.41, 5.74) is 0.412. The quantitative estimate of drug-likeness (QED) is 0.618. The molecule has 1 amide bonds. The lowest BCUT2D eigenvalue weighted by Crippen LogP contribution is -2.13. The molecule has 1 heterocycles. The zero-order valence-electron chi connectivity index (χ0n) is 9.12. The van der Waals surface area contributed by atoms with Gasteiger partial charge in [-0.1, -0.05) is 23.2 Å². The molecule has 8 heteroatoms. The van der Waals surface area contributed by atoms with Gasteiger partial charge in [-0.2, -0.15) is 0 Å². The number of nitrogens with one attached hydrogen (secondary N) is 1. The van der Waals surface area contributed by atoms with E-state index in [0.29, 0.717) is 15.1 Å². The fraction of sp³-hybridized carbons (Fsp3) is 0. The number of nitrogens with zero attached hydrogens (tertiary/aromatic N) is 2. The first-order valence-corrected chi connectivity index (χ1v) is 6.85. The number of hydrogen-bond acceptors (Lipinski definition) is 3. The van der Waals surface area contributed by atoms with Gasteiger partial charge in [-0.3, -0.25) is 4.79 Å². The molecule has 2 rings (SSSR count). The molecule has 2 aromatic rings. The average Bonchev–Trinajstić information content (AvgIpc) is 2.26. The number of hydrogen-bond donors (Lipinski definition) is 1. The zero-order valence-corrected chi connectivity index (χ0v) is 13.0. The maximum Gasteiger partial charge on any atom is 0.257 e. The van der Waals surface area contributed by atoms with E-state index in [0.717, 1.165) is 0 Å². The predicted molar refractivity (Wildman–Crippen MR) is 79.2 cm³/mol. The molecule has 0 bridgehead atoms. The molecular formula is C11H5BrCl3N3O. The third-order valence-electron chi connectivity index (χ3n) is 2.08. The van der Waals surface area contributed by atoms with Crippen molar-refractivity contribution in [3.05, 3.63) is 49.8 Å². The minimum absolute atomic E-state index is 0.0435.